The van der Waals surface area contributed by atoms with Crippen molar-refractivity contribution < 1.29 is 27.8 Å². The van der Waals surface area contributed by atoms with Crippen molar-refractivity contribution in [2.24, 2.45) is 0 Å². The molecule has 0 unspecified atom stereocenters. The van der Waals surface area contributed by atoms with Crippen LogP contribution in [0, 0.1) is 0 Å². The Morgan fingerprint density at radius 1 is 1.17 bits per heavy atom. The molecule has 0 saturated heterocycles. The molecule has 2 aromatic rings. The average molecular weight is 346 g/mol. The Labute approximate surface area is 134 Å². The van der Waals surface area contributed by atoms with Gasteiger partial charge in [0.2, 0.25) is 0 Å². The Balaban J connectivity index is 2.57. The summed E-state index contributed by atoms with van der Waals surface area (Å²) in [7, 11) is 0. The fourth-order valence-corrected chi connectivity index (χ4v) is 2.22. The molecular weight excluding hydrogens is 335 g/mol. The van der Waals surface area contributed by atoms with Gasteiger partial charge in [0.15, 0.2) is 6.61 Å². The molecule has 0 fully saturated rings. The summed E-state index contributed by atoms with van der Waals surface area (Å²) in [5.74, 6) is -1.27. The van der Waals surface area contributed by atoms with E-state index in [-0.39, 0.29) is 21.9 Å². The van der Waals surface area contributed by atoms with Gasteiger partial charge in [-0.2, -0.15) is 13.2 Å². The van der Waals surface area contributed by atoms with Gasteiger partial charge in [0.1, 0.15) is 5.75 Å². The number of alkyl halides is 3. The molecule has 8 heteroatoms. The highest BCUT2D eigenvalue weighted by atomic mass is 35.5. The van der Waals surface area contributed by atoms with Crippen LogP contribution in [-0.2, 0) is 11.0 Å². The predicted octanol–water partition coefficient (Wildman–Crippen LogP) is 4.07. The van der Waals surface area contributed by atoms with Gasteiger partial charge in [0, 0.05) is 16.8 Å². The standard InChI is InChI=1S/C15H11ClF3NO3/c16-12-6-9(20)2-3-10(12)11-5-8(15(17,18)19)1-4-13(11)23-7-14(21)22/h1-6H,7,20H2,(H,21,22). The summed E-state index contributed by atoms with van der Waals surface area (Å²) >= 11 is 6.03. The Morgan fingerprint density at radius 2 is 1.87 bits per heavy atom. The Kier molecular flexibility index (Phi) is 4.70. The van der Waals surface area contributed by atoms with E-state index in [1.165, 1.54) is 18.2 Å². The van der Waals surface area contributed by atoms with Gasteiger partial charge in [-0.1, -0.05) is 17.7 Å². The molecule has 0 atom stereocenters. The lowest BCUT2D eigenvalue weighted by molar-refractivity contribution is -0.140. The van der Waals surface area contributed by atoms with E-state index in [1.54, 1.807) is 0 Å². The number of carbonyl (C=O) groups is 1. The number of rotatable bonds is 4. The van der Waals surface area contributed by atoms with Crippen molar-refractivity contribution >= 4 is 23.3 Å². The van der Waals surface area contributed by atoms with E-state index in [2.05, 4.69) is 0 Å². The maximum Gasteiger partial charge on any atom is 0.416 e. The lowest BCUT2D eigenvalue weighted by Gasteiger charge is -2.15. The smallest absolute Gasteiger partial charge is 0.416 e. The highest BCUT2D eigenvalue weighted by molar-refractivity contribution is 6.33. The first-order valence-corrected chi connectivity index (χ1v) is 6.67. The van der Waals surface area contributed by atoms with Crippen LogP contribution in [0.2, 0.25) is 5.02 Å². The van der Waals surface area contributed by atoms with Crippen LogP contribution in [0.1, 0.15) is 5.56 Å². The quantitative estimate of drug-likeness (QED) is 0.819. The highest BCUT2D eigenvalue weighted by Gasteiger charge is 2.31. The molecule has 2 aromatic carbocycles. The van der Waals surface area contributed by atoms with E-state index in [9.17, 15) is 18.0 Å². The molecule has 4 nitrogen and oxygen atoms in total. The van der Waals surface area contributed by atoms with Gasteiger partial charge >= 0.3 is 12.1 Å². The molecule has 3 N–H and O–H groups in total. The van der Waals surface area contributed by atoms with Crippen LogP contribution in [-0.4, -0.2) is 17.7 Å². The number of halogens is 4. The summed E-state index contributed by atoms with van der Waals surface area (Å²) in [6.07, 6.45) is -4.56. The van der Waals surface area contributed by atoms with Crippen molar-refractivity contribution in [3.05, 3.63) is 47.0 Å². The molecule has 23 heavy (non-hydrogen) atoms. The first kappa shape index (κ1) is 17.0. The molecule has 0 aliphatic heterocycles. The van der Waals surface area contributed by atoms with Crippen LogP contribution in [0.5, 0.6) is 5.75 Å². The molecule has 0 heterocycles. The van der Waals surface area contributed by atoms with Gasteiger partial charge in [-0.25, -0.2) is 4.79 Å². The number of carboxylic acid groups (broad SMARTS) is 1. The molecule has 0 aliphatic carbocycles. The highest BCUT2D eigenvalue weighted by Crippen LogP contribution is 2.40. The van der Waals surface area contributed by atoms with E-state index < -0.39 is 24.3 Å². The second-order valence-electron chi connectivity index (χ2n) is 4.63. The van der Waals surface area contributed by atoms with Crippen LogP contribution >= 0.6 is 11.6 Å². The van der Waals surface area contributed by atoms with E-state index in [1.807, 2.05) is 0 Å². The van der Waals surface area contributed by atoms with E-state index >= 15 is 0 Å². The SMILES string of the molecule is Nc1ccc(-c2cc(C(F)(F)F)ccc2OCC(=O)O)c(Cl)c1. The zero-order valence-electron chi connectivity index (χ0n) is 11.5. The molecule has 122 valence electrons. The number of aliphatic carboxylic acids is 1. The van der Waals surface area contributed by atoms with Gasteiger partial charge in [-0.15, -0.1) is 0 Å². The minimum atomic E-state index is -4.56. The number of nitrogen functional groups attached to an aromatic ring is 1. The van der Waals surface area contributed by atoms with Gasteiger partial charge in [-0.3, -0.25) is 0 Å². The van der Waals surface area contributed by atoms with Gasteiger partial charge in [0.05, 0.1) is 10.6 Å². The molecule has 2 rings (SSSR count). The van der Waals surface area contributed by atoms with E-state index in [0.717, 1.165) is 18.2 Å². The third-order valence-corrected chi connectivity index (χ3v) is 3.25. The average Bonchev–Trinajstić information content (AvgIpc) is 2.44. The Bertz CT molecular complexity index is 747. The van der Waals surface area contributed by atoms with Crippen LogP contribution < -0.4 is 10.5 Å². The van der Waals surface area contributed by atoms with Crippen molar-refractivity contribution in [3.8, 4) is 16.9 Å². The van der Waals surface area contributed by atoms with Crippen LogP contribution in [0.25, 0.3) is 11.1 Å². The first-order valence-electron chi connectivity index (χ1n) is 6.29. The topological polar surface area (TPSA) is 72.5 Å². The second-order valence-corrected chi connectivity index (χ2v) is 5.04. The van der Waals surface area contributed by atoms with Crippen LogP contribution in [0.3, 0.4) is 0 Å². The Hall–Kier alpha value is -2.41. The lowest BCUT2D eigenvalue weighted by atomic mass is 10.0. The van der Waals surface area contributed by atoms with Gasteiger partial charge < -0.3 is 15.6 Å². The van der Waals surface area contributed by atoms with Crippen molar-refractivity contribution in [1.29, 1.82) is 0 Å². The lowest BCUT2D eigenvalue weighted by Crippen LogP contribution is -2.11. The molecular formula is C15H11ClF3NO3. The normalized spacial score (nSPS) is 11.3. The zero-order chi connectivity index (χ0) is 17.2. The third kappa shape index (κ3) is 4.07. The van der Waals surface area contributed by atoms with E-state index in [0.29, 0.717) is 5.69 Å². The molecule has 0 bridgehead atoms. The summed E-state index contributed by atoms with van der Waals surface area (Å²) in [5.41, 5.74) is 5.30. The summed E-state index contributed by atoms with van der Waals surface area (Å²) in [6.45, 7) is -0.690. The van der Waals surface area contributed by atoms with Crippen molar-refractivity contribution in [2.45, 2.75) is 6.18 Å². The summed E-state index contributed by atoms with van der Waals surface area (Å²) in [4.78, 5) is 10.6. The maximum absolute atomic E-state index is 12.9. The number of nitrogens with two attached hydrogens (primary N) is 1. The number of anilines is 1. The maximum atomic E-state index is 12.9. The largest absolute Gasteiger partial charge is 0.481 e. The number of carboxylic acids is 1. The van der Waals surface area contributed by atoms with Crippen molar-refractivity contribution in [3.63, 3.8) is 0 Å². The molecule has 0 amide bonds. The number of hydrogen-bond acceptors (Lipinski definition) is 3. The number of hydrogen-bond donors (Lipinski definition) is 2. The Morgan fingerprint density at radius 3 is 2.43 bits per heavy atom. The van der Waals surface area contributed by atoms with Crippen LogP contribution in [0.15, 0.2) is 36.4 Å². The van der Waals surface area contributed by atoms with Crippen molar-refractivity contribution in [2.75, 3.05) is 12.3 Å². The van der Waals surface area contributed by atoms with Gasteiger partial charge in [-0.05, 0) is 30.3 Å². The predicted molar refractivity (Wildman–Crippen MR) is 79.4 cm³/mol. The minimum absolute atomic E-state index is 0.0212. The minimum Gasteiger partial charge on any atom is -0.481 e. The van der Waals surface area contributed by atoms with Crippen molar-refractivity contribution in [1.82, 2.24) is 0 Å². The molecule has 0 aliphatic rings. The molecule has 0 spiro atoms. The third-order valence-electron chi connectivity index (χ3n) is 2.94. The molecule has 0 radical (unpaired) electrons. The second kappa shape index (κ2) is 6.37. The van der Waals surface area contributed by atoms with Gasteiger partial charge in [0.25, 0.3) is 0 Å². The number of benzene rings is 2. The van der Waals surface area contributed by atoms with Crippen LogP contribution in [0.4, 0.5) is 18.9 Å². The summed E-state index contributed by atoms with van der Waals surface area (Å²) < 4.78 is 43.8. The fraction of sp³-hybridized carbons (Fsp3) is 0.133. The fourth-order valence-electron chi connectivity index (χ4n) is 1.93. The monoisotopic (exact) mass is 345 g/mol. The summed E-state index contributed by atoms with van der Waals surface area (Å²) in [6, 6.07) is 7.04. The summed E-state index contributed by atoms with van der Waals surface area (Å²) in [5, 5.41) is 8.79. The van der Waals surface area contributed by atoms with E-state index in [4.69, 9.17) is 27.2 Å². The zero-order valence-corrected chi connectivity index (χ0v) is 12.3. The molecule has 0 aromatic heterocycles. The number of ether oxygens (including phenoxy) is 1. The first-order chi connectivity index (χ1) is 10.7. The molecule has 0 saturated carbocycles.